The standard InChI is InChI=1S/C27H43N3O7/c1-16(2)14-20(25(33)34)28-23(31)21(17(3)4)29-24(32)22(30-26(35)37-27(6,7)8)18(5)36-15-19-12-10-9-11-13-19/h9-13,16-18,20-22H,14-15H2,1-8H3,(H,28,31)(H,29,32)(H,30,35)(H,33,34)/t18-,20+,21+,22+/m1/s1. The predicted molar refractivity (Wildman–Crippen MR) is 140 cm³/mol. The van der Waals surface area contributed by atoms with E-state index in [0.29, 0.717) is 0 Å². The van der Waals surface area contributed by atoms with Crippen molar-refractivity contribution in [3.05, 3.63) is 35.9 Å². The molecule has 0 unspecified atom stereocenters. The highest BCUT2D eigenvalue weighted by atomic mass is 16.6. The second-order valence-corrected chi connectivity index (χ2v) is 10.9. The molecule has 0 aliphatic rings. The number of carboxylic acids is 1. The number of nitrogens with one attached hydrogen (secondary N) is 3. The van der Waals surface area contributed by atoms with E-state index in [1.165, 1.54) is 0 Å². The Labute approximate surface area is 219 Å². The second kappa shape index (κ2) is 14.6. The lowest BCUT2D eigenvalue weighted by Crippen LogP contribution is -2.60. The van der Waals surface area contributed by atoms with Crippen LogP contribution in [0.5, 0.6) is 0 Å². The molecule has 0 aromatic heterocycles. The first-order chi connectivity index (χ1) is 17.1. The Balaban J connectivity index is 3.07. The minimum absolute atomic E-state index is 0.0403. The lowest BCUT2D eigenvalue weighted by molar-refractivity contribution is -0.143. The Kier molecular flexibility index (Phi) is 12.6. The Morgan fingerprint density at radius 1 is 0.865 bits per heavy atom. The van der Waals surface area contributed by atoms with Crippen LogP contribution in [0.4, 0.5) is 4.79 Å². The van der Waals surface area contributed by atoms with Crippen molar-refractivity contribution >= 4 is 23.9 Å². The molecule has 0 fully saturated rings. The zero-order valence-electron chi connectivity index (χ0n) is 23.2. The van der Waals surface area contributed by atoms with Gasteiger partial charge in [-0.1, -0.05) is 58.0 Å². The highest BCUT2D eigenvalue weighted by molar-refractivity contribution is 5.93. The van der Waals surface area contributed by atoms with Crippen molar-refractivity contribution in [2.75, 3.05) is 0 Å². The van der Waals surface area contributed by atoms with Crippen molar-refractivity contribution in [3.63, 3.8) is 0 Å². The van der Waals surface area contributed by atoms with Gasteiger partial charge in [0.1, 0.15) is 23.7 Å². The summed E-state index contributed by atoms with van der Waals surface area (Å²) in [4.78, 5) is 50.5. The number of hydrogen-bond acceptors (Lipinski definition) is 6. The van der Waals surface area contributed by atoms with Crippen molar-refractivity contribution in [1.82, 2.24) is 16.0 Å². The van der Waals surface area contributed by atoms with E-state index in [4.69, 9.17) is 9.47 Å². The minimum Gasteiger partial charge on any atom is -0.480 e. The molecule has 0 saturated carbocycles. The van der Waals surface area contributed by atoms with Crippen LogP contribution in [0, 0.1) is 11.8 Å². The zero-order valence-corrected chi connectivity index (χ0v) is 23.2. The average molecular weight is 522 g/mol. The van der Waals surface area contributed by atoms with Gasteiger partial charge in [-0.25, -0.2) is 9.59 Å². The topological polar surface area (TPSA) is 143 Å². The summed E-state index contributed by atoms with van der Waals surface area (Å²) in [7, 11) is 0. The summed E-state index contributed by atoms with van der Waals surface area (Å²) in [5, 5.41) is 17.2. The number of rotatable bonds is 13. The third-order valence-electron chi connectivity index (χ3n) is 5.35. The van der Waals surface area contributed by atoms with Gasteiger partial charge in [0.05, 0.1) is 12.7 Å². The van der Waals surface area contributed by atoms with Gasteiger partial charge >= 0.3 is 12.1 Å². The number of carbonyl (C=O) groups excluding carboxylic acids is 3. The van der Waals surface area contributed by atoms with Gasteiger partial charge < -0.3 is 30.5 Å². The Morgan fingerprint density at radius 3 is 1.92 bits per heavy atom. The number of aliphatic carboxylic acids is 1. The summed E-state index contributed by atoms with van der Waals surface area (Å²) in [6, 6.07) is 6.04. The lowest BCUT2D eigenvalue weighted by atomic mass is 9.99. The molecule has 0 radical (unpaired) electrons. The first-order valence-corrected chi connectivity index (χ1v) is 12.6. The SMILES string of the molecule is CC(C)C[C@H](NC(=O)[C@@H](NC(=O)[C@@H](NC(=O)OC(C)(C)C)[C@@H](C)OCc1ccccc1)C(C)C)C(=O)O. The lowest BCUT2D eigenvalue weighted by Gasteiger charge is -2.30. The van der Waals surface area contributed by atoms with E-state index >= 15 is 0 Å². The van der Waals surface area contributed by atoms with E-state index in [2.05, 4.69) is 16.0 Å². The number of benzene rings is 1. The molecule has 0 aliphatic heterocycles. The fourth-order valence-corrected chi connectivity index (χ4v) is 3.46. The van der Waals surface area contributed by atoms with Gasteiger partial charge in [-0.15, -0.1) is 0 Å². The molecule has 0 spiro atoms. The highest BCUT2D eigenvalue weighted by Crippen LogP contribution is 2.12. The van der Waals surface area contributed by atoms with E-state index in [1.54, 1.807) is 41.5 Å². The molecule has 1 rings (SSSR count). The summed E-state index contributed by atoms with van der Waals surface area (Å²) in [5.74, 6) is -2.75. The number of carbonyl (C=O) groups is 4. The first-order valence-electron chi connectivity index (χ1n) is 12.6. The van der Waals surface area contributed by atoms with E-state index in [9.17, 15) is 24.3 Å². The van der Waals surface area contributed by atoms with Crippen LogP contribution >= 0.6 is 0 Å². The van der Waals surface area contributed by atoms with E-state index in [-0.39, 0.29) is 24.9 Å². The fraction of sp³-hybridized carbons (Fsp3) is 0.630. The fourth-order valence-electron chi connectivity index (χ4n) is 3.46. The number of alkyl carbamates (subject to hydrolysis) is 1. The van der Waals surface area contributed by atoms with Crippen LogP contribution in [-0.4, -0.2) is 58.8 Å². The summed E-state index contributed by atoms with van der Waals surface area (Å²) in [6.45, 7) is 14.1. The van der Waals surface area contributed by atoms with E-state index in [0.717, 1.165) is 5.56 Å². The molecule has 208 valence electrons. The first kappa shape index (κ1) is 31.9. The molecule has 3 amide bonds. The van der Waals surface area contributed by atoms with Crippen LogP contribution in [0.3, 0.4) is 0 Å². The van der Waals surface area contributed by atoms with Crippen LogP contribution in [0.1, 0.15) is 67.4 Å². The average Bonchev–Trinajstić information content (AvgIpc) is 2.77. The molecule has 4 N–H and O–H groups in total. The van der Waals surface area contributed by atoms with Crippen LogP contribution in [0.25, 0.3) is 0 Å². The maximum atomic E-state index is 13.4. The van der Waals surface area contributed by atoms with Gasteiger partial charge in [-0.3, -0.25) is 9.59 Å². The van der Waals surface area contributed by atoms with Crippen LogP contribution < -0.4 is 16.0 Å². The van der Waals surface area contributed by atoms with Gasteiger partial charge in [0.15, 0.2) is 0 Å². The smallest absolute Gasteiger partial charge is 0.408 e. The molecule has 1 aromatic rings. The van der Waals surface area contributed by atoms with E-state index < -0.39 is 53.7 Å². The van der Waals surface area contributed by atoms with Crippen molar-refractivity contribution in [2.24, 2.45) is 11.8 Å². The summed E-state index contributed by atoms with van der Waals surface area (Å²) in [6.07, 6.45) is -1.35. The van der Waals surface area contributed by atoms with Crippen LogP contribution in [0.15, 0.2) is 30.3 Å². The Bertz CT molecular complexity index is 897. The summed E-state index contributed by atoms with van der Waals surface area (Å²) in [5.41, 5.74) is 0.0945. The molecule has 37 heavy (non-hydrogen) atoms. The number of ether oxygens (including phenoxy) is 2. The number of amides is 3. The quantitative estimate of drug-likeness (QED) is 0.312. The van der Waals surface area contributed by atoms with E-state index in [1.807, 2.05) is 44.2 Å². The molecule has 0 saturated heterocycles. The van der Waals surface area contributed by atoms with Crippen molar-refractivity contribution < 1.29 is 33.8 Å². The zero-order chi connectivity index (χ0) is 28.3. The molecule has 0 heterocycles. The summed E-state index contributed by atoms with van der Waals surface area (Å²) >= 11 is 0. The Hall–Kier alpha value is -3.14. The number of hydrogen-bond donors (Lipinski definition) is 4. The van der Waals surface area contributed by atoms with Crippen molar-refractivity contribution in [2.45, 2.75) is 98.2 Å². The monoisotopic (exact) mass is 521 g/mol. The third kappa shape index (κ3) is 12.1. The maximum Gasteiger partial charge on any atom is 0.408 e. The van der Waals surface area contributed by atoms with Gasteiger partial charge in [-0.2, -0.15) is 0 Å². The molecule has 10 nitrogen and oxygen atoms in total. The molecular formula is C27H43N3O7. The second-order valence-electron chi connectivity index (χ2n) is 10.9. The van der Waals surface area contributed by atoms with Gasteiger partial charge in [0.25, 0.3) is 0 Å². The van der Waals surface area contributed by atoms with Crippen molar-refractivity contribution in [3.8, 4) is 0 Å². The Morgan fingerprint density at radius 2 is 1.43 bits per heavy atom. The van der Waals surface area contributed by atoms with Gasteiger partial charge in [0.2, 0.25) is 11.8 Å². The largest absolute Gasteiger partial charge is 0.480 e. The highest BCUT2D eigenvalue weighted by Gasteiger charge is 2.35. The minimum atomic E-state index is -1.18. The molecule has 1 aromatic carbocycles. The van der Waals surface area contributed by atoms with Crippen LogP contribution in [0.2, 0.25) is 0 Å². The molecule has 0 bridgehead atoms. The normalized spacial score (nSPS) is 14.9. The molecule has 4 atom stereocenters. The third-order valence-corrected chi connectivity index (χ3v) is 5.35. The molecular weight excluding hydrogens is 478 g/mol. The van der Waals surface area contributed by atoms with Crippen LogP contribution in [-0.2, 0) is 30.5 Å². The van der Waals surface area contributed by atoms with Gasteiger partial charge in [-0.05, 0) is 51.5 Å². The molecule has 0 aliphatic carbocycles. The molecule has 10 heteroatoms. The van der Waals surface area contributed by atoms with Crippen molar-refractivity contribution in [1.29, 1.82) is 0 Å². The summed E-state index contributed by atoms with van der Waals surface area (Å²) < 4.78 is 11.2. The predicted octanol–water partition coefficient (Wildman–Crippen LogP) is 3.24. The maximum absolute atomic E-state index is 13.4. The number of carboxylic acid groups (broad SMARTS) is 1. The van der Waals surface area contributed by atoms with Gasteiger partial charge in [0, 0.05) is 0 Å².